The zero-order chi connectivity index (χ0) is 17.5. The molecular formula is C19H29N5. The Morgan fingerprint density at radius 1 is 0.708 bits per heavy atom. The Morgan fingerprint density at radius 3 is 1.50 bits per heavy atom. The Hall–Kier alpha value is -2.14. The van der Waals surface area contributed by atoms with Gasteiger partial charge in [-0.2, -0.15) is 0 Å². The van der Waals surface area contributed by atoms with E-state index in [0.29, 0.717) is 0 Å². The summed E-state index contributed by atoms with van der Waals surface area (Å²) >= 11 is 0. The second kappa shape index (κ2) is 8.64. The maximum atomic E-state index is 4.47. The SMILES string of the molecule is CN(CCc1cc(N(C)C)ccn1)CCc1cc(N(C)C)ccn1. The summed E-state index contributed by atoms with van der Waals surface area (Å²) in [5.74, 6) is 0. The summed E-state index contributed by atoms with van der Waals surface area (Å²) in [6, 6.07) is 8.40. The molecule has 0 spiro atoms. The number of hydrogen-bond acceptors (Lipinski definition) is 5. The van der Waals surface area contributed by atoms with E-state index in [2.05, 4.69) is 72.0 Å². The molecule has 0 saturated carbocycles. The first-order valence-electron chi connectivity index (χ1n) is 8.39. The summed E-state index contributed by atoms with van der Waals surface area (Å²) in [6.45, 7) is 1.99. The number of anilines is 2. The van der Waals surface area contributed by atoms with Gasteiger partial charge in [0.2, 0.25) is 0 Å². The fraction of sp³-hybridized carbons (Fsp3) is 0.474. The van der Waals surface area contributed by atoms with Gasteiger partial charge in [0.15, 0.2) is 0 Å². The van der Waals surface area contributed by atoms with E-state index in [1.807, 2.05) is 24.5 Å². The van der Waals surface area contributed by atoms with Crippen molar-refractivity contribution in [1.82, 2.24) is 14.9 Å². The third kappa shape index (κ3) is 5.49. The Kier molecular flexibility index (Phi) is 6.55. The molecule has 0 aliphatic rings. The van der Waals surface area contributed by atoms with Crippen molar-refractivity contribution in [3.63, 3.8) is 0 Å². The molecule has 0 fully saturated rings. The number of nitrogens with zero attached hydrogens (tertiary/aromatic N) is 5. The quantitative estimate of drug-likeness (QED) is 0.743. The molecule has 2 heterocycles. The molecule has 5 nitrogen and oxygen atoms in total. The lowest BCUT2D eigenvalue weighted by Crippen LogP contribution is -2.24. The maximum absolute atomic E-state index is 4.47. The van der Waals surface area contributed by atoms with Crippen LogP contribution in [0.4, 0.5) is 11.4 Å². The van der Waals surface area contributed by atoms with Gasteiger partial charge in [0.1, 0.15) is 0 Å². The third-order valence-electron chi connectivity index (χ3n) is 4.13. The van der Waals surface area contributed by atoms with E-state index in [1.165, 1.54) is 11.4 Å². The van der Waals surface area contributed by atoms with Crippen LogP contribution in [0, 0.1) is 0 Å². The summed E-state index contributed by atoms with van der Waals surface area (Å²) in [6.07, 6.45) is 5.70. The van der Waals surface area contributed by atoms with Crippen molar-refractivity contribution in [2.75, 3.05) is 58.1 Å². The molecule has 2 aromatic rings. The summed E-state index contributed by atoms with van der Waals surface area (Å²) in [7, 11) is 10.4. The molecule has 5 heteroatoms. The van der Waals surface area contributed by atoms with E-state index < -0.39 is 0 Å². The van der Waals surface area contributed by atoms with Gasteiger partial charge in [-0.25, -0.2) is 0 Å². The van der Waals surface area contributed by atoms with Crippen molar-refractivity contribution >= 4 is 11.4 Å². The molecule has 0 N–H and O–H groups in total. The Balaban J connectivity index is 1.82. The first kappa shape index (κ1) is 18.2. The van der Waals surface area contributed by atoms with Crippen LogP contribution in [0.25, 0.3) is 0 Å². The monoisotopic (exact) mass is 327 g/mol. The van der Waals surface area contributed by atoms with Crippen LogP contribution in [0.2, 0.25) is 0 Å². The lowest BCUT2D eigenvalue weighted by molar-refractivity contribution is 0.340. The van der Waals surface area contributed by atoms with E-state index in [-0.39, 0.29) is 0 Å². The van der Waals surface area contributed by atoms with Crippen molar-refractivity contribution in [3.05, 3.63) is 48.0 Å². The van der Waals surface area contributed by atoms with Crippen LogP contribution in [0.15, 0.2) is 36.7 Å². The Morgan fingerprint density at radius 2 is 1.12 bits per heavy atom. The van der Waals surface area contributed by atoms with Crippen molar-refractivity contribution in [2.45, 2.75) is 12.8 Å². The molecule has 0 saturated heterocycles. The molecule has 2 aromatic heterocycles. The molecule has 130 valence electrons. The molecule has 0 radical (unpaired) electrons. The predicted molar refractivity (Wildman–Crippen MR) is 102 cm³/mol. The zero-order valence-corrected chi connectivity index (χ0v) is 15.5. The second-order valence-electron chi connectivity index (χ2n) is 6.60. The fourth-order valence-corrected chi connectivity index (χ4v) is 2.48. The van der Waals surface area contributed by atoms with Crippen LogP contribution < -0.4 is 9.80 Å². The highest BCUT2D eigenvalue weighted by Crippen LogP contribution is 2.13. The summed E-state index contributed by atoms with van der Waals surface area (Å²) < 4.78 is 0. The fourth-order valence-electron chi connectivity index (χ4n) is 2.48. The minimum Gasteiger partial charge on any atom is -0.378 e. The van der Waals surface area contributed by atoms with Crippen LogP contribution in [0.3, 0.4) is 0 Å². The number of pyridine rings is 2. The van der Waals surface area contributed by atoms with E-state index in [4.69, 9.17) is 0 Å². The largest absolute Gasteiger partial charge is 0.378 e. The summed E-state index contributed by atoms with van der Waals surface area (Å²) in [4.78, 5) is 15.5. The third-order valence-corrected chi connectivity index (χ3v) is 4.13. The molecule has 0 aliphatic carbocycles. The van der Waals surface area contributed by atoms with Gasteiger partial charge in [-0.05, 0) is 31.3 Å². The number of likely N-dealkylation sites (N-methyl/N-ethyl adjacent to an activating group) is 1. The number of hydrogen-bond donors (Lipinski definition) is 0. The lowest BCUT2D eigenvalue weighted by Gasteiger charge is -2.18. The van der Waals surface area contributed by atoms with Gasteiger partial charge in [0.25, 0.3) is 0 Å². The number of rotatable bonds is 8. The van der Waals surface area contributed by atoms with Gasteiger partial charge < -0.3 is 14.7 Å². The van der Waals surface area contributed by atoms with Crippen LogP contribution in [0.1, 0.15) is 11.4 Å². The van der Waals surface area contributed by atoms with Gasteiger partial charge >= 0.3 is 0 Å². The molecule has 0 bridgehead atoms. The predicted octanol–water partition coefficient (Wildman–Crippen LogP) is 2.33. The molecule has 0 amide bonds. The van der Waals surface area contributed by atoms with Crippen molar-refractivity contribution < 1.29 is 0 Å². The highest BCUT2D eigenvalue weighted by molar-refractivity contribution is 5.45. The summed E-state index contributed by atoms with van der Waals surface area (Å²) in [5, 5.41) is 0. The average molecular weight is 327 g/mol. The molecule has 0 aliphatic heterocycles. The summed E-state index contributed by atoms with van der Waals surface area (Å²) in [5.41, 5.74) is 4.68. The normalized spacial score (nSPS) is 10.9. The molecule has 2 rings (SSSR count). The zero-order valence-electron chi connectivity index (χ0n) is 15.5. The van der Waals surface area contributed by atoms with Crippen LogP contribution >= 0.6 is 0 Å². The average Bonchev–Trinajstić information content (AvgIpc) is 2.58. The standard InChI is InChI=1S/C19H29N5/c1-22(2)18-6-10-20-16(14-18)8-12-24(5)13-9-17-15-19(23(3)4)7-11-21-17/h6-7,10-11,14-15H,8-9,12-13H2,1-5H3. The van der Waals surface area contributed by atoms with Crippen molar-refractivity contribution in [2.24, 2.45) is 0 Å². The highest BCUT2D eigenvalue weighted by Gasteiger charge is 2.05. The second-order valence-corrected chi connectivity index (χ2v) is 6.60. The molecular weight excluding hydrogens is 298 g/mol. The van der Waals surface area contributed by atoms with Crippen molar-refractivity contribution in [1.29, 1.82) is 0 Å². The lowest BCUT2D eigenvalue weighted by atomic mass is 10.2. The minimum atomic E-state index is 0.962. The van der Waals surface area contributed by atoms with E-state index in [0.717, 1.165) is 37.3 Å². The highest BCUT2D eigenvalue weighted by atomic mass is 15.1. The van der Waals surface area contributed by atoms with E-state index in [1.54, 1.807) is 0 Å². The molecule has 0 atom stereocenters. The van der Waals surface area contributed by atoms with E-state index in [9.17, 15) is 0 Å². The topological polar surface area (TPSA) is 35.5 Å². The van der Waals surface area contributed by atoms with Gasteiger partial charge in [-0.15, -0.1) is 0 Å². The maximum Gasteiger partial charge on any atom is 0.0436 e. The van der Waals surface area contributed by atoms with Gasteiger partial charge in [0, 0.05) is 89.3 Å². The molecule has 0 unspecified atom stereocenters. The van der Waals surface area contributed by atoms with Crippen LogP contribution in [0.5, 0.6) is 0 Å². The molecule has 0 aromatic carbocycles. The van der Waals surface area contributed by atoms with Gasteiger partial charge in [-0.3, -0.25) is 9.97 Å². The molecule has 24 heavy (non-hydrogen) atoms. The number of aromatic nitrogens is 2. The van der Waals surface area contributed by atoms with Gasteiger partial charge in [-0.1, -0.05) is 0 Å². The first-order valence-corrected chi connectivity index (χ1v) is 8.39. The first-order chi connectivity index (χ1) is 11.5. The van der Waals surface area contributed by atoms with E-state index >= 15 is 0 Å². The minimum absolute atomic E-state index is 0.962. The van der Waals surface area contributed by atoms with Crippen molar-refractivity contribution in [3.8, 4) is 0 Å². The van der Waals surface area contributed by atoms with Crippen LogP contribution in [-0.4, -0.2) is 63.2 Å². The van der Waals surface area contributed by atoms with Gasteiger partial charge in [0.05, 0.1) is 0 Å². The Bertz CT molecular complexity index is 584. The Labute approximate surface area is 145 Å². The van der Waals surface area contributed by atoms with Crippen LogP contribution in [-0.2, 0) is 12.8 Å². The smallest absolute Gasteiger partial charge is 0.0436 e.